The topological polar surface area (TPSA) is 35.5 Å². The summed E-state index contributed by atoms with van der Waals surface area (Å²) in [6.45, 7) is 7.66. The highest BCUT2D eigenvalue weighted by Crippen LogP contribution is 2.18. The van der Waals surface area contributed by atoms with Crippen LogP contribution in [0.3, 0.4) is 0 Å². The van der Waals surface area contributed by atoms with Gasteiger partial charge in [0.1, 0.15) is 0 Å². The molecule has 0 rings (SSSR count). The van der Waals surface area contributed by atoms with E-state index >= 15 is 0 Å². The summed E-state index contributed by atoms with van der Waals surface area (Å²) in [6.07, 6.45) is -0.456. The summed E-state index contributed by atoms with van der Waals surface area (Å²) in [5.41, 5.74) is 0. The van der Waals surface area contributed by atoms with E-state index in [4.69, 9.17) is 9.47 Å². The summed E-state index contributed by atoms with van der Waals surface area (Å²) >= 11 is 0. The molecular formula is C8H17O3P. The lowest BCUT2D eigenvalue weighted by Gasteiger charge is -2.20. The van der Waals surface area contributed by atoms with Crippen molar-refractivity contribution in [2.45, 2.75) is 39.1 Å². The number of carbonyl (C=O) groups excluding carboxylic acids is 1. The normalized spacial score (nSPS) is 14.1. The zero-order valence-corrected chi connectivity index (χ0v) is 9.24. The van der Waals surface area contributed by atoms with E-state index in [-0.39, 0.29) is 5.97 Å². The van der Waals surface area contributed by atoms with E-state index in [1.165, 1.54) is 0 Å². The molecule has 0 aromatic heterocycles. The molecule has 2 unspecified atom stereocenters. The van der Waals surface area contributed by atoms with Crippen molar-refractivity contribution in [3.05, 3.63) is 0 Å². The van der Waals surface area contributed by atoms with Gasteiger partial charge in [-0.3, -0.25) is 4.79 Å². The molecule has 2 atom stereocenters. The second-order valence-electron chi connectivity index (χ2n) is 3.15. The van der Waals surface area contributed by atoms with Gasteiger partial charge in [-0.2, -0.15) is 0 Å². The third-order valence-electron chi connectivity index (χ3n) is 1.20. The molecule has 0 fully saturated rings. The highest BCUT2D eigenvalue weighted by atomic mass is 31.0. The van der Waals surface area contributed by atoms with Gasteiger partial charge in [0, 0.05) is 6.61 Å². The van der Waals surface area contributed by atoms with Gasteiger partial charge in [-0.25, -0.2) is 0 Å². The van der Waals surface area contributed by atoms with Crippen LogP contribution in [0, 0.1) is 0 Å². The smallest absolute Gasteiger partial charge is 0.317 e. The van der Waals surface area contributed by atoms with Crippen molar-refractivity contribution in [2.75, 3.05) is 6.61 Å². The minimum absolute atomic E-state index is 0.270. The average Bonchev–Trinajstić information content (AvgIpc) is 1.85. The standard InChI is InChI=1S/C8H17O3P/c1-5-10-6(2)11-7(9)8(3,4)12/h6H,5,12H2,1-4H3. The minimum Gasteiger partial charge on any atom is -0.435 e. The third kappa shape index (κ3) is 4.68. The Bertz CT molecular complexity index is 151. The summed E-state index contributed by atoms with van der Waals surface area (Å²) in [4.78, 5) is 11.2. The maximum atomic E-state index is 11.2. The summed E-state index contributed by atoms with van der Waals surface area (Å²) in [5.74, 6) is -0.270. The Hall–Kier alpha value is -0.140. The fraction of sp³-hybridized carbons (Fsp3) is 0.875. The van der Waals surface area contributed by atoms with E-state index in [2.05, 4.69) is 9.24 Å². The number of carbonyl (C=O) groups is 1. The van der Waals surface area contributed by atoms with Gasteiger partial charge >= 0.3 is 5.97 Å². The first-order chi connectivity index (χ1) is 5.38. The Morgan fingerprint density at radius 1 is 1.58 bits per heavy atom. The van der Waals surface area contributed by atoms with Crippen LogP contribution in [0.2, 0.25) is 0 Å². The van der Waals surface area contributed by atoms with E-state index in [9.17, 15) is 4.79 Å². The average molecular weight is 192 g/mol. The fourth-order valence-electron chi connectivity index (χ4n) is 0.571. The predicted octanol–water partition coefficient (Wildman–Crippen LogP) is 1.57. The Morgan fingerprint density at radius 2 is 2.08 bits per heavy atom. The SMILES string of the molecule is CCOC(C)OC(=O)C(C)(C)P. The van der Waals surface area contributed by atoms with Crippen molar-refractivity contribution in [1.82, 2.24) is 0 Å². The van der Waals surface area contributed by atoms with Crippen molar-refractivity contribution < 1.29 is 14.3 Å². The van der Waals surface area contributed by atoms with Gasteiger partial charge in [0.2, 0.25) is 0 Å². The zero-order chi connectivity index (χ0) is 9.78. The summed E-state index contributed by atoms with van der Waals surface area (Å²) in [6, 6.07) is 0. The van der Waals surface area contributed by atoms with Crippen LogP contribution in [-0.2, 0) is 14.3 Å². The van der Waals surface area contributed by atoms with Gasteiger partial charge in [-0.15, -0.1) is 9.24 Å². The first kappa shape index (κ1) is 11.9. The van der Waals surface area contributed by atoms with Crippen LogP contribution in [0.4, 0.5) is 0 Å². The first-order valence-electron chi connectivity index (χ1n) is 3.99. The van der Waals surface area contributed by atoms with Crippen molar-refractivity contribution in [2.24, 2.45) is 0 Å². The molecule has 72 valence electrons. The Morgan fingerprint density at radius 3 is 2.42 bits per heavy atom. The van der Waals surface area contributed by atoms with Crippen LogP contribution in [0.1, 0.15) is 27.7 Å². The molecule has 0 radical (unpaired) electrons. The summed E-state index contributed by atoms with van der Waals surface area (Å²) < 4.78 is 10.0. The van der Waals surface area contributed by atoms with Crippen molar-refractivity contribution >= 4 is 15.2 Å². The van der Waals surface area contributed by atoms with Crippen LogP contribution < -0.4 is 0 Å². The monoisotopic (exact) mass is 192 g/mol. The quantitative estimate of drug-likeness (QED) is 0.385. The second kappa shape index (κ2) is 4.78. The fourth-order valence-corrected chi connectivity index (χ4v) is 0.639. The van der Waals surface area contributed by atoms with Gasteiger partial charge in [0.05, 0.1) is 5.16 Å². The van der Waals surface area contributed by atoms with E-state index in [0.717, 1.165) is 0 Å². The molecule has 0 aromatic rings. The minimum atomic E-state index is -0.536. The predicted molar refractivity (Wildman–Crippen MR) is 51.0 cm³/mol. The lowest BCUT2D eigenvalue weighted by molar-refractivity contribution is -0.175. The molecule has 0 spiro atoms. The number of hydrogen-bond donors (Lipinski definition) is 0. The van der Waals surface area contributed by atoms with E-state index in [1.54, 1.807) is 20.8 Å². The van der Waals surface area contributed by atoms with E-state index in [1.807, 2.05) is 6.92 Å². The molecule has 0 aliphatic carbocycles. The Kier molecular flexibility index (Phi) is 4.73. The molecule has 0 aliphatic rings. The molecule has 0 N–H and O–H groups in total. The van der Waals surface area contributed by atoms with Gasteiger partial charge < -0.3 is 9.47 Å². The number of ether oxygens (including phenoxy) is 2. The highest BCUT2D eigenvalue weighted by Gasteiger charge is 2.25. The highest BCUT2D eigenvalue weighted by molar-refractivity contribution is 7.20. The van der Waals surface area contributed by atoms with Crippen LogP contribution in [0.25, 0.3) is 0 Å². The maximum absolute atomic E-state index is 11.2. The molecule has 0 bridgehead atoms. The van der Waals surface area contributed by atoms with Crippen molar-refractivity contribution in [1.29, 1.82) is 0 Å². The van der Waals surface area contributed by atoms with Crippen LogP contribution in [-0.4, -0.2) is 24.0 Å². The molecule has 0 amide bonds. The van der Waals surface area contributed by atoms with E-state index in [0.29, 0.717) is 6.61 Å². The lowest BCUT2D eigenvalue weighted by atomic mass is 10.2. The molecular weight excluding hydrogens is 175 g/mol. The molecule has 0 saturated carbocycles. The first-order valence-corrected chi connectivity index (χ1v) is 4.57. The molecule has 0 heterocycles. The Balaban J connectivity index is 3.85. The Labute approximate surface area is 76.0 Å². The van der Waals surface area contributed by atoms with Gasteiger partial charge in [0.15, 0.2) is 6.29 Å². The molecule has 12 heavy (non-hydrogen) atoms. The second-order valence-corrected chi connectivity index (χ2v) is 4.59. The maximum Gasteiger partial charge on any atom is 0.317 e. The van der Waals surface area contributed by atoms with Gasteiger partial charge in [0.25, 0.3) is 0 Å². The van der Waals surface area contributed by atoms with Crippen molar-refractivity contribution in [3.8, 4) is 0 Å². The number of rotatable bonds is 4. The van der Waals surface area contributed by atoms with Crippen LogP contribution in [0.5, 0.6) is 0 Å². The van der Waals surface area contributed by atoms with Crippen molar-refractivity contribution in [3.63, 3.8) is 0 Å². The molecule has 3 nitrogen and oxygen atoms in total. The largest absolute Gasteiger partial charge is 0.435 e. The molecule has 0 saturated heterocycles. The summed E-state index contributed by atoms with van der Waals surface area (Å²) in [7, 11) is 2.43. The molecule has 0 aliphatic heterocycles. The summed E-state index contributed by atoms with van der Waals surface area (Å²) in [5, 5.41) is -0.536. The van der Waals surface area contributed by atoms with Crippen LogP contribution in [0.15, 0.2) is 0 Å². The van der Waals surface area contributed by atoms with Gasteiger partial charge in [-0.05, 0) is 27.7 Å². The molecule has 4 heteroatoms. The zero-order valence-electron chi connectivity index (χ0n) is 8.09. The van der Waals surface area contributed by atoms with Crippen LogP contribution >= 0.6 is 9.24 Å². The third-order valence-corrected chi connectivity index (χ3v) is 1.44. The van der Waals surface area contributed by atoms with Gasteiger partial charge in [-0.1, -0.05) is 0 Å². The number of hydrogen-bond acceptors (Lipinski definition) is 3. The number of esters is 1. The van der Waals surface area contributed by atoms with E-state index < -0.39 is 11.4 Å². The lowest BCUT2D eigenvalue weighted by Crippen LogP contribution is -2.30. The molecule has 0 aromatic carbocycles.